The van der Waals surface area contributed by atoms with E-state index in [1.54, 1.807) is 6.33 Å². The van der Waals surface area contributed by atoms with Gasteiger partial charge in [0.15, 0.2) is 5.82 Å². The zero-order valence-corrected chi connectivity index (χ0v) is 7.19. The van der Waals surface area contributed by atoms with Crippen molar-refractivity contribution in [2.45, 2.75) is 38.3 Å². The molecule has 66 valence electrons. The predicted molar refractivity (Wildman–Crippen MR) is 43.4 cm³/mol. The van der Waals surface area contributed by atoms with Crippen molar-refractivity contribution in [3.63, 3.8) is 0 Å². The summed E-state index contributed by atoms with van der Waals surface area (Å²) in [5.41, 5.74) is 0.238. The fourth-order valence-corrected chi connectivity index (χ4v) is 1.67. The van der Waals surface area contributed by atoms with Gasteiger partial charge in [0.25, 0.3) is 0 Å². The highest BCUT2D eigenvalue weighted by Gasteiger charge is 2.43. The van der Waals surface area contributed by atoms with Crippen molar-refractivity contribution in [3.05, 3.63) is 12.2 Å². The normalized spacial score (nSPS) is 19.5. The van der Waals surface area contributed by atoms with Gasteiger partial charge in [-0.2, -0.15) is 0 Å². The average Bonchev–Trinajstić information content (AvgIpc) is 2.76. The summed E-state index contributed by atoms with van der Waals surface area (Å²) in [6, 6.07) is 0. The minimum atomic E-state index is -0.0122. The van der Waals surface area contributed by atoms with E-state index in [0.29, 0.717) is 5.82 Å². The number of nitrogens with zero attached hydrogens (tertiary/aromatic N) is 3. The molecule has 0 atom stereocenters. The molecule has 0 bridgehead atoms. The first kappa shape index (κ1) is 7.73. The summed E-state index contributed by atoms with van der Waals surface area (Å²) in [5, 5.41) is 16.6. The monoisotopic (exact) mass is 167 g/mol. The van der Waals surface area contributed by atoms with Gasteiger partial charge in [0.05, 0.1) is 0 Å². The Morgan fingerprint density at radius 3 is 2.92 bits per heavy atom. The molecule has 1 fully saturated rings. The van der Waals surface area contributed by atoms with E-state index in [-0.39, 0.29) is 12.1 Å². The second-order valence-corrected chi connectivity index (χ2v) is 3.35. The molecule has 1 N–H and O–H groups in total. The van der Waals surface area contributed by atoms with E-state index in [4.69, 9.17) is 5.11 Å². The second-order valence-electron chi connectivity index (χ2n) is 3.35. The first-order valence-electron chi connectivity index (χ1n) is 4.32. The third-order valence-corrected chi connectivity index (χ3v) is 2.76. The van der Waals surface area contributed by atoms with Crippen LogP contribution in [0.3, 0.4) is 0 Å². The number of hydrogen-bond acceptors (Lipinski definition) is 3. The zero-order valence-electron chi connectivity index (χ0n) is 7.19. The van der Waals surface area contributed by atoms with Gasteiger partial charge >= 0.3 is 0 Å². The molecule has 0 unspecified atom stereocenters. The van der Waals surface area contributed by atoms with Crippen LogP contribution < -0.4 is 0 Å². The van der Waals surface area contributed by atoms with E-state index in [1.807, 2.05) is 4.57 Å². The van der Waals surface area contributed by atoms with E-state index >= 15 is 0 Å². The lowest BCUT2D eigenvalue weighted by Crippen LogP contribution is -2.17. The zero-order chi connectivity index (χ0) is 8.60. The number of rotatable bonds is 3. The minimum absolute atomic E-state index is 0.0122. The van der Waals surface area contributed by atoms with Crippen LogP contribution in [0, 0.1) is 0 Å². The second kappa shape index (κ2) is 2.55. The molecule has 1 aliphatic rings. The van der Waals surface area contributed by atoms with Crippen LogP contribution in [0.15, 0.2) is 6.33 Å². The van der Waals surface area contributed by atoms with Crippen LogP contribution in [0.1, 0.15) is 32.0 Å². The minimum Gasteiger partial charge on any atom is -0.388 e. The first-order chi connectivity index (χ1) is 5.82. The van der Waals surface area contributed by atoms with Crippen LogP contribution in [-0.2, 0) is 12.1 Å². The number of aliphatic hydroxyl groups excluding tert-OH is 1. The molecule has 1 aromatic rings. The molecule has 0 amide bonds. The van der Waals surface area contributed by atoms with Crippen molar-refractivity contribution in [1.29, 1.82) is 0 Å². The van der Waals surface area contributed by atoms with Gasteiger partial charge in [-0.3, -0.25) is 0 Å². The summed E-state index contributed by atoms with van der Waals surface area (Å²) in [5.74, 6) is 0.689. The molecule has 1 aliphatic carbocycles. The Hall–Kier alpha value is -0.900. The topological polar surface area (TPSA) is 50.9 Å². The smallest absolute Gasteiger partial charge is 0.159 e. The summed E-state index contributed by atoms with van der Waals surface area (Å²) >= 11 is 0. The van der Waals surface area contributed by atoms with Crippen molar-refractivity contribution >= 4 is 0 Å². The van der Waals surface area contributed by atoms with Gasteiger partial charge in [0, 0.05) is 5.54 Å². The molecule has 0 aromatic carbocycles. The van der Waals surface area contributed by atoms with Crippen LogP contribution in [0.2, 0.25) is 0 Å². The van der Waals surface area contributed by atoms with Crippen molar-refractivity contribution in [2.75, 3.05) is 0 Å². The fraction of sp³-hybridized carbons (Fsp3) is 0.750. The molecule has 1 aromatic heterocycles. The van der Waals surface area contributed by atoms with Gasteiger partial charge in [-0.25, -0.2) is 0 Å². The Kier molecular flexibility index (Phi) is 1.65. The molecule has 4 nitrogen and oxygen atoms in total. The molecule has 1 heterocycles. The number of hydrogen-bond donors (Lipinski definition) is 1. The molecule has 0 aliphatic heterocycles. The molecule has 0 spiro atoms. The van der Waals surface area contributed by atoms with Crippen molar-refractivity contribution in [3.8, 4) is 0 Å². The Bertz CT molecular complexity index is 278. The van der Waals surface area contributed by atoms with Gasteiger partial charge in [-0.1, -0.05) is 6.92 Å². The molecule has 4 heteroatoms. The maximum Gasteiger partial charge on any atom is 0.159 e. The van der Waals surface area contributed by atoms with Gasteiger partial charge in [0.2, 0.25) is 0 Å². The van der Waals surface area contributed by atoms with Crippen molar-refractivity contribution in [1.82, 2.24) is 14.8 Å². The first-order valence-corrected chi connectivity index (χ1v) is 4.32. The van der Waals surface area contributed by atoms with E-state index in [0.717, 1.165) is 6.42 Å². The van der Waals surface area contributed by atoms with Crippen molar-refractivity contribution in [2.24, 2.45) is 0 Å². The molecule has 1 saturated carbocycles. The number of aromatic nitrogens is 3. The third kappa shape index (κ3) is 0.948. The van der Waals surface area contributed by atoms with Crippen LogP contribution in [-0.4, -0.2) is 19.9 Å². The Labute approximate surface area is 71.2 Å². The van der Waals surface area contributed by atoms with Gasteiger partial charge < -0.3 is 9.67 Å². The summed E-state index contributed by atoms with van der Waals surface area (Å²) in [7, 11) is 0. The summed E-state index contributed by atoms with van der Waals surface area (Å²) in [6.07, 6.45) is 5.20. The maximum atomic E-state index is 8.97. The highest BCUT2D eigenvalue weighted by molar-refractivity contribution is 5.04. The van der Waals surface area contributed by atoms with Crippen molar-refractivity contribution < 1.29 is 5.11 Å². The average molecular weight is 167 g/mol. The lowest BCUT2D eigenvalue weighted by atomic mass is 10.2. The van der Waals surface area contributed by atoms with E-state index < -0.39 is 0 Å². The lowest BCUT2D eigenvalue weighted by molar-refractivity contribution is 0.256. The molecule has 2 rings (SSSR count). The molecule has 12 heavy (non-hydrogen) atoms. The maximum absolute atomic E-state index is 8.97. The molecular formula is C8H13N3O. The number of aliphatic hydroxyl groups is 1. The highest BCUT2D eigenvalue weighted by atomic mass is 16.3. The summed E-state index contributed by atoms with van der Waals surface area (Å²) in [4.78, 5) is 0. The van der Waals surface area contributed by atoms with Crippen LogP contribution >= 0.6 is 0 Å². The standard InChI is InChI=1S/C8H13N3O/c1-2-8(3-4-8)11-6-9-10-7(11)5-12/h6,12H,2-5H2,1H3. The largest absolute Gasteiger partial charge is 0.388 e. The quantitative estimate of drug-likeness (QED) is 0.719. The van der Waals surface area contributed by atoms with Crippen LogP contribution in [0.4, 0.5) is 0 Å². The van der Waals surface area contributed by atoms with Gasteiger partial charge in [-0.15, -0.1) is 10.2 Å². The molecular weight excluding hydrogens is 154 g/mol. The Morgan fingerprint density at radius 2 is 2.42 bits per heavy atom. The van der Waals surface area contributed by atoms with Gasteiger partial charge in [-0.05, 0) is 19.3 Å². The van der Waals surface area contributed by atoms with Crippen LogP contribution in [0.5, 0.6) is 0 Å². The van der Waals surface area contributed by atoms with Crippen LogP contribution in [0.25, 0.3) is 0 Å². The fourth-order valence-electron chi connectivity index (χ4n) is 1.67. The molecule has 0 radical (unpaired) electrons. The Balaban J connectivity index is 2.32. The van der Waals surface area contributed by atoms with E-state index in [1.165, 1.54) is 12.8 Å². The SMILES string of the molecule is CCC1(n2cnnc2CO)CC1. The summed E-state index contributed by atoms with van der Waals surface area (Å²) < 4.78 is 2.02. The van der Waals surface area contributed by atoms with E-state index in [9.17, 15) is 0 Å². The molecule has 0 saturated heterocycles. The highest BCUT2D eigenvalue weighted by Crippen LogP contribution is 2.46. The Morgan fingerprint density at radius 1 is 1.67 bits per heavy atom. The lowest BCUT2D eigenvalue weighted by Gasteiger charge is -2.15. The predicted octanol–water partition coefficient (Wildman–Crippen LogP) is 0.669. The summed E-state index contributed by atoms with van der Waals surface area (Å²) in [6.45, 7) is 2.15. The van der Waals surface area contributed by atoms with E-state index in [2.05, 4.69) is 17.1 Å². The third-order valence-electron chi connectivity index (χ3n) is 2.76. The van der Waals surface area contributed by atoms with Gasteiger partial charge in [0.1, 0.15) is 12.9 Å².